The molecule has 0 amide bonds. The van der Waals surface area contributed by atoms with Crippen molar-refractivity contribution in [1.29, 1.82) is 0 Å². The molecule has 7 heterocycles. The highest BCUT2D eigenvalue weighted by atomic mass is 32.7. The van der Waals surface area contributed by atoms with Crippen LogP contribution in [0.15, 0.2) is 79.0 Å². The molecule has 24 nitrogen and oxygen atoms in total. The summed E-state index contributed by atoms with van der Waals surface area (Å²) in [6.07, 6.45) is -9.09. The number of alkyl halides is 2. The van der Waals surface area contributed by atoms with Crippen LogP contribution in [-0.2, 0) is 42.5 Å². The minimum absolute atomic E-state index is 0.0115. The molecule has 0 spiro atoms. The third kappa shape index (κ3) is 9.42. The van der Waals surface area contributed by atoms with E-state index in [0.29, 0.717) is 22.7 Å². The van der Waals surface area contributed by atoms with Gasteiger partial charge < -0.3 is 51.6 Å². The number of ether oxygens (including phenoxy) is 4. The number of carbonyl (C=O) groups is 1. The van der Waals surface area contributed by atoms with Crippen LogP contribution in [0, 0.1) is 0 Å². The van der Waals surface area contributed by atoms with E-state index in [9.17, 15) is 13.9 Å². The van der Waals surface area contributed by atoms with Crippen molar-refractivity contribution >= 4 is 73.2 Å². The summed E-state index contributed by atoms with van der Waals surface area (Å²) in [6, 6.07) is 12.3. The Labute approximate surface area is 375 Å². The number of aromatic nitrogens is 8. The van der Waals surface area contributed by atoms with E-state index in [-0.39, 0.29) is 64.2 Å². The number of azide groups is 1. The van der Waals surface area contributed by atoms with Crippen LogP contribution >= 0.6 is 25.7 Å². The van der Waals surface area contributed by atoms with Crippen LogP contribution in [0.25, 0.3) is 32.8 Å². The van der Waals surface area contributed by atoms with Gasteiger partial charge in [-0.05, 0) is 58.9 Å². The Hall–Kier alpha value is -5.79. The minimum Gasteiger partial charge on any atom is -0.493 e. The van der Waals surface area contributed by atoms with E-state index in [0.717, 1.165) is 12.7 Å². The molecule has 3 fully saturated rings. The smallest absolute Gasteiger partial charge is 0.389 e. The predicted molar refractivity (Wildman–Crippen MR) is 228 cm³/mol. The van der Waals surface area contributed by atoms with Gasteiger partial charge in [0, 0.05) is 10.7 Å². The van der Waals surface area contributed by atoms with Crippen molar-refractivity contribution < 1.29 is 59.7 Å². The maximum atomic E-state index is 16.8. The van der Waals surface area contributed by atoms with Crippen LogP contribution in [0.2, 0.25) is 0 Å². The zero-order valence-electron chi connectivity index (χ0n) is 33.8. The average molecular weight is 968 g/mol. The van der Waals surface area contributed by atoms with Gasteiger partial charge in [0.15, 0.2) is 47.7 Å². The lowest BCUT2D eigenvalue weighted by atomic mass is 10.1. The quantitative estimate of drug-likeness (QED) is 0.0242. The molecule has 3 aliphatic heterocycles. The Balaban J connectivity index is 0.956. The summed E-state index contributed by atoms with van der Waals surface area (Å²) < 4.78 is 111. The molecule has 4 aromatic heterocycles. The van der Waals surface area contributed by atoms with E-state index in [2.05, 4.69) is 39.9 Å². The number of benzene rings is 2. The first-order valence-corrected chi connectivity index (χ1v) is 24.3. The highest BCUT2D eigenvalue weighted by Crippen LogP contribution is 2.65. The number of esters is 1. The summed E-state index contributed by atoms with van der Waals surface area (Å²) in [5.41, 5.74) is 21.6. The lowest BCUT2D eigenvalue weighted by Crippen LogP contribution is -2.37. The van der Waals surface area contributed by atoms with E-state index in [1.54, 1.807) is 24.3 Å². The Morgan fingerprint density at radius 3 is 1.98 bits per heavy atom. The number of nitrogens with zero attached hydrogens (tertiary/aromatic N) is 11. The van der Waals surface area contributed by atoms with Crippen molar-refractivity contribution in [3.8, 4) is 11.5 Å². The molecule has 343 valence electrons. The minimum atomic E-state index is -4.71. The SMILES string of the molecule is [B-][P@]1(=O)OC[C@H]2O[C@@H](n3cnc4c(N)ncnc43)[C@H](F)[C@@H]2O[P@@](=O)(SCc2ccc(OC(=O)c3ccc(OCCN=[N+]=[N-])cc3)cc2)OC[C@H]2O[C@@H](n3cnc4c(N)ncnc43)[C@H](F)[C@@H]2O1. The number of nitrogens with two attached hydrogens (primary N) is 2. The number of anilines is 2. The topological polar surface area (TPSA) is 313 Å². The predicted octanol–water partition coefficient (Wildman–Crippen LogP) is 5.35. The highest BCUT2D eigenvalue weighted by molar-refractivity contribution is 8.54. The van der Waals surface area contributed by atoms with Crippen LogP contribution in [0.1, 0.15) is 28.4 Å². The highest BCUT2D eigenvalue weighted by Gasteiger charge is 2.54. The number of halogens is 2. The second-order valence-corrected chi connectivity index (χ2v) is 20.1. The van der Waals surface area contributed by atoms with Gasteiger partial charge in [0.05, 0.1) is 52.1 Å². The van der Waals surface area contributed by atoms with Crippen molar-refractivity contribution in [3.63, 3.8) is 0 Å². The van der Waals surface area contributed by atoms with Crippen LogP contribution in [-0.4, -0.2) is 116 Å². The second-order valence-electron chi connectivity index (χ2n) is 14.5. The van der Waals surface area contributed by atoms with Gasteiger partial charge in [-0.25, -0.2) is 48.0 Å². The molecule has 66 heavy (non-hydrogen) atoms. The molecule has 10 atom stereocenters. The standard InChI is InChI=1S/C36H34BF2N13O11P2S/c37-64(54)57-11-22-29(25(39)35(60-22)52-17-48-27-31(41)44-15-46-33(27)52)63-65(55,58-12-23-28(62-64)24(38)34(61-23)51-16-47-26-30(40)43-14-45-32(26)51)66-13-18-1-5-21(6-2-18)59-36(53)19-3-7-20(8-4-19)56-10-9-49-50-42/h1-8,14-17,22-25,28-29,34-35H,9-13H2,(H2,40,43,45)(H2,41,44,46)/q-1/t22-,23-,24-,25-,28-,29-,34-,35-,64+,65+/m1/s1. The molecule has 3 aliphatic rings. The van der Waals surface area contributed by atoms with E-state index in [4.69, 9.17) is 61.6 Å². The summed E-state index contributed by atoms with van der Waals surface area (Å²) in [6.45, 7) is -5.77. The van der Waals surface area contributed by atoms with Gasteiger partial charge in [-0.3, -0.25) is 18.2 Å². The van der Waals surface area contributed by atoms with Gasteiger partial charge in [-0.15, -0.1) is 0 Å². The number of carbonyl (C=O) groups excluding carboxylic acids is 1. The fraction of sp³-hybridized carbons (Fsp3) is 0.361. The van der Waals surface area contributed by atoms with Crippen molar-refractivity contribution in [3.05, 3.63) is 95.4 Å². The van der Waals surface area contributed by atoms with E-state index in [1.807, 2.05) is 0 Å². The molecule has 9 rings (SSSR count). The monoisotopic (exact) mass is 967 g/mol. The molecule has 3 radical (unpaired) electrons. The molecular formula is C36H34BF2N13O11P2S-. The number of imidazole rings is 2. The van der Waals surface area contributed by atoms with Crippen molar-refractivity contribution in [2.75, 3.05) is 37.8 Å². The third-order valence-corrected chi connectivity index (χ3v) is 15.0. The van der Waals surface area contributed by atoms with Gasteiger partial charge in [-0.1, -0.05) is 17.2 Å². The molecule has 2 aromatic carbocycles. The average Bonchev–Trinajstić information content (AvgIpc) is 4.08. The van der Waals surface area contributed by atoms with Crippen LogP contribution in [0.5, 0.6) is 11.5 Å². The largest absolute Gasteiger partial charge is 0.493 e. The fourth-order valence-electron chi connectivity index (χ4n) is 7.17. The molecule has 30 heteroatoms. The summed E-state index contributed by atoms with van der Waals surface area (Å²) in [5, 5.41) is 3.40. The van der Waals surface area contributed by atoms with Crippen LogP contribution < -0.4 is 20.9 Å². The van der Waals surface area contributed by atoms with E-state index >= 15 is 8.78 Å². The molecule has 3 saturated heterocycles. The lowest BCUT2D eigenvalue weighted by Gasteiger charge is -2.35. The fourth-order valence-corrected chi connectivity index (χ4v) is 11.6. The molecule has 6 aromatic rings. The molecular weight excluding hydrogens is 933 g/mol. The summed E-state index contributed by atoms with van der Waals surface area (Å²) in [7, 11) is 1.30. The van der Waals surface area contributed by atoms with Gasteiger partial charge in [0.25, 0.3) is 0 Å². The van der Waals surface area contributed by atoms with Gasteiger partial charge in [-0.2, -0.15) is 0 Å². The molecule has 0 bridgehead atoms. The van der Waals surface area contributed by atoms with Gasteiger partial charge in [0.1, 0.15) is 59.6 Å². The second kappa shape index (κ2) is 18.8. The number of nitrogen functional groups attached to an aromatic ring is 2. The normalized spacial score (nSPS) is 29.0. The maximum Gasteiger partial charge on any atom is 0.389 e. The van der Waals surface area contributed by atoms with Crippen LogP contribution in [0.3, 0.4) is 0 Å². The Kier molecular flexibility index (Phi) is 13.0. The lowest BCUT2D eigenvalue weighted by molar-refractivity contribution is -0.0546. The van der Waals surface area contributed by atoms with Gasteiger partial charge >= 0.3 is 12.8 Å². The van der Waals surface area contributed by atoms with Gasteiger partial charge in [0.2, 0.25) is 0 Å². The first-order valence-electron chi connectivity index (χ1n) is 19.6. The maximum absolute atomic E-state index is 16.8. The van der Waals surface area contributed by atoms with Crippen LogP contribution in [0.4, 0.5) is 20.4 Å². The summed E-state index contributed by atoms with van der Waals surface area (Å²) >= 11 is 0.654. The zero-order valence-corrected chi connectivity index (χ0v) is 36.4. The Morgan fingerprint density at radius 1 is 0.833 bits per heavy atom. The third-order valence-electron chi connectivity index (χ3n) is 10.3. The van der Waals surface area contributed by atoms with E-state index in [1.165, 1.54) is 46.1 Å². The molecule has 0 unspecified atom stereocenters. The Morgan fingerprint density at radius 2 is 1.39 bits per heavy atom. The van der Waals surface area contributed by atoms with Crippen molar-refractivity contribution in [2.24, 2.45) is 5.11 Å². The molecule has 4 N–H and O–H groups in total. The number of hydrogen-bond donors (Lipinski definition) is 2. The van der Waals surface area contributed by atoms with E-state index < -0.39 is 82.7 Å². The molecule has 0 saturated carbocycles. The number of fused-ring (bicyclic) bond motifs is 4. The molecule has 0 aliphatic carbocycles. The summed E-state index contributed by atoms with van der Waals surface area (Å²) in [5.74, 6) is -0.0756. The van der Waals surface area contributed by atoms with Crippen molar-refractivity contribution in [1.82, 2.24) is 39.0 Å². The number of rotatable bonds is 11. The zero-order chi connectivity index (χ0) is 46.2. The van der Waals surface area contributed by atoms with Crippen molar-refractivity contribution in [2.45, 2.75) is 55.0 Å². The number of hydrogen-bond acceptors (Lipinski definition) is 21. The Bertz CT molecular complexity index is 2900. The summed E-state index contributed by atoms with van der Waals surface area (Å²) in [4.78, 5) is 40.0. The first kappa shape index (κ1) is 45.4. The first-order chi connectivity index (χ1) is 31.8.